The van der Waals surface area contributed by atoms with Crippen molar-refractivity contribution in [1.82, 2.24) is 0 Å². The van der Waals surface area contributed by atoms with Crippen LogP contribution in [0.25, 0.3) is 0 Å². The highest BCUT2D eigenvalue weighted by Gasteiger charge is 2.16. The molecule has 0 spiro atoms. The van der Waals surface area contributed by atoms with Gasteiger partial charge < -0.3 is 5.11 Å². The number of carboxylic acid groups (broad SMARTS) is 1. The summed E-state index contributed by atoms with van der Waals surface area (Å²) in [7, 11) is 0. The fourth-order valence-corrected chi connectivity index (χ4v) is 1.92. The first-order valence-electron chi connectivity index (χ1n) is 4.28. The minimum Gasteiger partial charge on any atom is -0.481 e. The molecule has 0 aliphatic rings. The number of hydrogen-bond donors (Lipinski definition) is 1. The van der Waals surface area contributed by atoms with Gasteiger partial charge in [0.05, 0.1) is 15.4 Å². The van der Waals surface area contributed by atoms with Gasteiger partial charge in [0.15, 0.2) is 5.82 Å². The van der Waals surface area contributed by atoms with E-state index in [-0.39, 0.29) is 15.9 Å². The molecule has 0 fully saturated rings. The van der Waals surface area contributed by atoms with E-state index >= 15 is 0 Å². The maximum absolute atomic E-state index is 13.3. The third-order valence-electron chi connectivity index (χ3n) is 2.06. The van der Waals surface area contributed by atoms with Crippen LogP contribution >= 0.6 is 27.5 Å². The number of rotatable bonds is 3. The second-order valence-electron chi connectivity index (χ2n) is 3.28. The van der Waals surface area contributed by atoms with E-state index in [1.807, 2.05) is 0 Å². The molecule has 1 rings (SSSR count). The summed E-state index contributed by atoms with van der Waals surface area (Å²) in [5.74, 6) is -2.01. The standard InChI is InChI=1S/C10H9BrClFO2/c1-5(10(14)15)4-6-2-3-7(12)9(13)8(6)11/h2-3,5H,4H2,1H3,(H,14,15). The second-order valence-corrected chi connectivity index (χ2v) is 4.48. The zero-order valence-corrected chi connectivity index (χ0v) is 10.3. The van der Waals surface area contributed by atoms with Gasteiger partial charge in [-0.15, -0.1) is 0 Å². The molecule has 0 saturated heterocycles. The van der Waals surface area contributed by atoms with Crippen LogP contribution in [0.1, 0.15) is 12.5 Å². The second kappa shape index (κ2) is 4.94. The maximum Gasteiger partial charge on any atom is 0.306 e. The molecule has 1 atom stereocenters. The Morgan fingerprint density at radius 3 is 2.80 bits per heavy atom. The SMILES string of the molecule is CC(Cc1ccc(Cl)c(F)c1Br)C(=O)O. The molecule has 0 saturated carbocycles. The molecule has 1 unspecified atom stereocenters. The lowest BCUT2D eigenvalue weighted by Crippen LogP contribution is -2.12. The van der Waals surface area contributed by atoms with Gasteiger partial charge in [-0.25, -0.2) is 4.39 Å². The van der Waals surface area contributed by atoms with Crippen LogP contribution in [-0.2, 0) is 11.2 Å². The van der Waals surface area contributed by atoms with Gasteiger partial charge in [0.2, 0.25) is 0 Å². The largest absolute Gasteiger partial charge is 0.481 e. The first-order valence-corrected chi connectivity index (χ1v) is 5.45. The predicted molar refractivity (Wildman–Crippen MR) is 59.6 cm³/mol. The minimum atomic E-state index is -0.905. The average molecular weight is 296 g/mol. The average Bonchev–Trinajstić information content (AvgIpc) is 2.18. The van der Waals surface area contributed by atoms with Gasteiger partial charge in [-0.1, -0.05) is 24.6 Å². The van der Waals surface area contributed by atoms with Crippen molar-refractivity contribution in [2.45, 2.75) is 13.3 Å². The summed E-state index contributed by atoms with van der Waals surface area (Å²) in [6.45, 7) is 1.57. The Kier molecular flexibility index (Phi) is 4.11. The molecule has 0 amide bonds. The molecule has 1 aromatic rings. The predicted octanol–water partition coefficient (Wildman–Crippen LogP) is 3.50. The van der Waals surface area contributed by atoms with Gasteiger partial charge in [0.25, 0.3) is 0 Å². The summed E-state index contributed by atoms with van der Waals surface area (Å²) in [6, 6.07) is 3.04. The number of carboxylic acids is 1. The lowest BCUT2D eigenvalue weighted by Gasteiger charge is -2.09. The van der Waals surface area contributed by atoms with Crippen molar-refractivity contribution in [3.8, 4) is 0 Å². The molecule has 15 heavy (non-hydrogen) atoms. The molecule has 0 aliphatic carbocycles. The summed E-state index contributed by atoms with van der Waals surface area (Å²) in [5.41, 5.74) is 0.604. The maximum atomic E-state index is 13.3. The molecule has 0 aromatic heterocycles. The Balaban J connectivity index is 2.97. The van der Waals surface area contributed by atoms with Crippen molar-refractivity contribution in [1.29, 1.82) is 0 Å². The van der Waals surface area contributed by atoms with E-state index in [0.29, 0.717) is 5.56 Å². The van der Waals surface area contributed by atoms with Crippen LogP contribution < -0.4 is 0 Å². The normalized spacial score (nSPS) is 12.5. The van der Waals surface area contributed by atoms with Crippen molar-refractivity contribution in [3.05, 3.63) is 33.0 Å². The molecular weight excluding hydrogens is 286 g/mol. The lowest BCUT2D eigenvalue weighted by molar-refractivity contribution is -0.141. The zero-order chi connectivity index (χ0) is 11.6. The molecule has 1 aromatic carbocycles. The summed E-state index contributed by atoms with van der Waals surface area (Å²) >= 11 is 8.62. The molecule has 0 aliphatic heterocycles. The van der Waals surface area contributed by atoms with Crippen LogP contribution in [0.3, 0.4) is 0 Å². The molecular formula is C10H9BrClFO2. The van der Waals surface area contributed by atoms with Crippen molar-refractivity contribution < 1.29 is 14.3 Å². The summed E-state index contributed by atoms with van der Waals surface area (Å²) in [6.07, 6.45) is 0.268. The van der Waals surface area contributed by atoms with Gasteiger partial charge in [0, 0.05) is 0 Å². The van der Waals surface area contributed by atoms with E-state index in [9.17, 15) is 9.18 Å². The van der Waals surface area contributed by atoms with E-state index in [4.69, 9.17) is 16.7 Å². The molecule has 0 bridgehead atoms. The quantitative estimate of drug-likeness (QED) is 0.867. The van der Waals surface area contributed by atoms with Crippen molar-refractivity contribution >= 4 is 33.5 Å². The van der Waals surface area contributed by atoms with Crippen LogP contribution in [0.4, 0.5) is 4.39 Å². The first-order chi connectivity index (χ1) is 6.93. The molecule has 82 valence electrons. The van der Waals surface area contributed by atoms with Gasteiger partial charge in [-0.3, -0.25) is 4.79 Å². The minimum absolute atomic E-state index is 0.0219. The third kappa shape index (κ3) is 2.92. The molecule has 5 heteroatoms. The number of hydrogen-bond acceptors (Lipinski definition) is 1. The van der Waals surface area contributed by atoms with E-state index in [0.717, 1.165) is 0 Å². The van der Waals surface area contributed by atoms with Crippen LogP contribution in [0, 0.1) is 11.7 Å². The van der Waals surface area contributed by atoms with Crippen molar-refractivity contribution in [2.75, 3.05) is 0 Å². The number of benzene rings is 1. The highest BCUT2D eigenvalue weighted by Crippen LogP contribution is 2.28. The topological polar surface area (TPSA) is 37.3 Å². The summed E-state index contributed by atoms with van der Waals surface area (Å²) in [5, 5.41) is 8.74. The van der Waals surface area contributed by atoms with E-state index in [1.54, 1.807) is 13.0 Å². The van der Waals surface area contributed by atoms with Crippen LogP contribution in [0.15, 0.2) is 16.6 Å². The molecule has 0 heterocycles. The number of halogens is 3. The Morgan fingerprint density at radius 1 is 1.67 bits per heavy atom. The number of aliphatic carboxylic acids is 1. The smallest absolute Gasteiger partial charge is 0.306 e. The zero-order valence-electron chi connectivity index (χ0n) is 7.93. The molecule has 2 nitrogen and oxygen atoms in total. The lowest BCUT2D eigenvalue weighted by atomic mass is 10.0. The van der Waals surface area contributed by atoms with Crippen LogP contribution in [0.5, 0.6) is 0 Å². The summed E-state index contributed by atoms with van der Waals surface area (Å²) < 4.78 is 13.6. The van der Waals surface area contributed by atoms with Gasteiger partial charge in [0.1, 0.15) is 0 Å². The Hall–Kier alpha value is -0.610. The van der Waals surface area contributed by atoms with Gasteiger partial charge >= 0.3 is 5.97 Å². The van der Waals surface area contributed by atoms with Gasteiger partial charge in [-0.05, 0) is 34.0 Å². The third-order valence-corrected chi connectivity index (χ3v) is 3.21. The number of carbonyl (C=O) groups is 1. The van der Waals surface area contributed by atoms with E-state index < -0.39 is 17.7 Å². The first kappa shape index (κ1) is 12.5. The Bertz CT molecular complexity index is 395. The highest BCUT2D eigenvalue weighted by molar-refractivity contribution is 9.10. The van der Waals surface area contributed by atoms with E-state index in [2.05, 4.69) is 15.9 Å². The van der Waals surface area contributed by atoms with Crippen LogP contribution in [0.2, 0.25) is 5.02 Å². The summed E-state index contributed by atoms with van der Waals surface area (Å²) in [4.78, 5) is 10.6. The fourth-order valence-electron chi connectivity index (χ4n) is 1.14. The van der Waals surface area contributed by atoms with E-state index in [1.165, 1.54) is 6.07 Å². The van der Waals surface area contributed by atoms with Crippen molar-refractivity contribution in [3.63, 3.8) is 0 Å². The highest BCUT2D eigenvalue weighted by atomic mass is 79.9. The Morgan fingerprint density at radius 2 is 2.27 bits per heavy atom. The van der Waals surface area contributed by atoms with Crippen molar-refractivity contribution in [2.24, 2.45) is 5.92 Å². The Labute approximate surface area is 100 Å². The van der Waals surface area contributed by atoms with Gasteiger partial charge in [-0.2, -0.15) is 0 Å². The van der Waals surface area contributed by atoms with Crippen LogP contribution in [-0.4, -0.2) is 11.1 Å². The molecule has 0 radical (unpaired) electrons. The monoisotopic (exact) mass is 294 g/mol. The fraction of sp³-hybridized carbons (Fsp3) is 0.300. The molecule has 1 N–H and O–H groups in total.